The number of aryl methyl sites for hydroxylation is 1. The fourth-order valence-electron chi connectivity index (χ4n) is 1.88. The number of esters is 1. The largest absolute Gasteiger partial charge is 0.467 e. The number of rotatable bonds is 4. The maximum atomic E-state index is 12.2. The van der Waals surface area contributed by atoms with Gasteiger partial charge >= 0.3 is 5.97 Å². The molecule has 0 aliphatic rings. The molecule has 2 rings (SSSR count). The van der Waals surface area contributed by atoms with Crippen LogP contribution in [0.15, 0.2) is 15.5 Å². The fraction of sp³-hybridized carbons (Fsp3) is 0.333. The summed E-state index contributed by atoms with van der Waals surface area (Å²) in [6.07, 6.45) is 1.15. The monoisotopic (exact) mass is 295 g/mol. The van der Waals surface area contributed by atoms with Crippen LogP contribution in [0.2, 0.25) is 0 Å². The van der Waals surface area contributed by atoms with Crippen LogP contribution in [0.3, 0.4) is 0 Å². The molecule has 0 saturated carbocycles. The summed E-state index contributed by atoms with van der Waals surface area (Å²) in [4.78, 5) is 41.5. The van der Waals surface area contributed by atoms with E-state index in [9.17, 15) is 14.4 Å². The lowest BCUT2D eigenvalue weighted by Gasteiger charge is -2.13. The molecule has 1 atom stereocenters. The quantitative estimate of drug-likeness (QED) is 0.621. The number of furan rings is 1. The highest BCUT2D eigenvalue weighted by Gasteiger charge is 2.26. The highest BCUT2D eigenvalue weighted by atomic mass is 16.5. The van der Waals surface area contributed by atoms with Crippen molar-refractivity contribution in [1.29, 1.82) is 0 Å². The molecule has 112 valence electrons. The Labute approximate surface area is 117 Å². The van der Waals surface area contributed by atoms with Crippen LogP contribution >= 0.6 is 0 Å². The number of carbonyl (C=O) groups is 2. The van der Waals surface area contributed by atoms with Crippen molar-refractivity contribution in [2.24, 2.45) is 0 Å². The summed E-state index contributed by atoms with van der Waals surface area (Å²) in [5.41, 5.74) is -0.567. The Balaban J connectivity index is 2.42. The number of H-pyrrole nitrogens is 1. The molecule has 0 spiro atoms. The van der Waals surface area contributed by atoms with E-state index in [1.807, 2.05) is 0 Å². The topological polar surface area (TPSA) is 135 Å². The van der Waals surface area contributed by atoms with Crippen molar-refractivity contribution in [3.05, 3.63) is 28.0 Å². The number of fused-ring (bicyclic) bond motifs is 1. The third kappa shape index (κ3) is 2.63. The molecule has 0 bridgehead atoms. The van der Waals surface area contributed by atoms with Crippen LogP contribution in [-0.2, 0) is 9.53 Å². The van der Waals surface area contributed by atoms with Crippen LogP contribution in [-0.4, -0.2) is 46.7 Å². The zero-order valence-electron chi connectivity index (χ0n) is 11.3. The van der Waals surface area contributed by atoms with Crippen LogP contribution in [0, 0.1) is 6.92 Å². The second-order valence-electron chi connectivity index (χ2n) is 4.18. The Kier molecular flexibility index (Phi) is 4.03. The van der Waals surface area contributed by atoms with E-state index in [0.29, 0.717) is 0 Å². The number of nitrogens with one attached hydrogen (secondary N) is 2. The van der Waals surface area contributed by atoms with Crippen molar-refractivity contribution in [3.8, 4) is 0 Å². The zero-order chi connectivity index (χ0) is 15.6. The van der Waals surface area contributed by atoms with Gasteiger partial charge < -0.3 is 24.6 Å². The Morgan fingerprint density at radius 3 is 2.90 bits per heavy atom. The molecule has 2 aromatic rings. The molecule has 0 aliphatic carbocycles. The molecule has 0 aromatic carbocycles. The summed E-state index contributed by atoms with van der Waals surface area (Å²) < 4.78 is 9.68. The van der Waals surface area contributed by atoms with Gasteiger partial charge in [0.1, 0.15) is 11.1 Å². The van der Waals surface area contributed by atoms with Gasteiger partial charge in [-0.15, -0.1) is 0 Å². The van der Waals surface area contributed by atoms with E-state index in [2.05, 4.69) is 20.0 Å². The lowest BCUT2D eigenvalue weighted by molar-refractivity contribution is -0.143. The zero-order valence-corrected chi connectivity index (χ0v) is 11.3. The Morgan fingerprint density at radius 2 is 2.29 bits per heavy atom. The molecule has 21 heavy (non-hydrogen) atoms. The minimum absolute atomic E-state index is 0.0139. The molecule has 9 nitrogen and oxygen atoms in total. The maximum Gasteiger partial charge on any atom is 0.330 e. The van der Waals surface area contributed by atoms with Gasteiger partial charge in [0, 0.05) is 0 Å². The number of hydrogen-bond acceptors (Lipinski definition) is 7. The number of methoxy groups -OCH3 is 1. The van der Waals surface area contributed by atoms with E-state index in [1.165, 1.54) is 6.92 Å². The fourth-order valence-corrected chi connectivity index (χ4v) is 1.88. The van der Waals surface area contributed by atoms with E-state index < -0.39 is 30.1 Å². The van der Waals surface area contributed by atoms with Crippen LogP contribution < -0.4 is 10.9 Å². The first kappa shape index (κ1) is 14.7. The first-order valence-corrected chi connectivity index (χ1v) is 5.96. The van der Waals surface area contributed by atoms with Crippen LogP contribution in [0.1, 0.15) is 16.1 Å². The molecule has 1 amide bonds. The van der Waals surface area contributed by atoms with Crippen molar-refractivity contribution in [2.75, 3.05) is 13.7 Å². The van der Waals surface area contributed by atoms with Gasteiger partial charge in [-0.2, -0.15) is 0 Å². The molecule has 0 aliphatic heterocycles. The van der Waals surface area contributed by atoms with E-state index in [-0.39, 0.29) is 22.4 Å². The Bertz CT molecular complexity index is 747. The number of carbonyl (C=O) groups excluding carboxylic acids is 2. The van der Waals surface area contributed by atoms with Crippen molar-refractivity contribution in [2.45, 2.75) is 13.0 Å². The second kappa shape index (κ2) is 5.75. The molecule has 0 radical (unpaired) electrons. The molecule has 2 aromatic heterocycles. The average Bonchev–Trinajstić information content (AvgIpc) is 2.81. The first-order chi connectivity index (χ1) is 9.99. The Morgan fingerprint density at radius 1 is 1.57 bits per heavy atom. The standard InChI is InChI=1S/C12H13N3O6/c1-5-7(8-9(17)13-4-14-11(8)21-5)10(18)15-6(3-16)12(19)20-2/h4,6,16H,3H2,1-2H3,(H,15,18)(H,13,14,17). The lowest BCUT2D eigenvalue weighted by atomic mass is 10.1. The summed E-state index contributed by atoms with van der Waals surface area (Å²) in [5, 5.41) is 11.3. The van der Waals surface area contributed by atoms with Crippen molar-refractivity contribution in [1.82, 2.24) is 15.3 Å². The number of amides is 1. The minimum atomic E-state index is -1.23. The van der Waals surface area contributed by atoms with Gasteiger partial charge in [0.05, 0.1) is 25.6 Å². The molecule has 2 heterocycles. The number of hydrogen-bond donors (Lipinski definition) is 3. The SMILES string of the molecule is COC(=O)C(CO)NC(=O)c1c(C)oc2nc[nH]c(=O)c12. The molecule has 9 heteroatoms. The van der Waals surface area contributed by atoms with E-state index in [1.54, 1.807) is 0 Å². The molecule has 3 N–H and O–H groups in total. The van der Waals surface area contributed by atoms with E-state index >= 15 is 0 Å². The molecule has 1 unspecified atom stereocenters. The van der Waals surface area contributed by atoms with E-state index in [4.69, 9.17) is 9.52 Å². The highest BCUT2D eigenvalue weighted by molar-refractivity contribution is 6.07. The summed E-state index contributed by atoms with van der Waals surface area (Å²) in [5.74, 6) is -1.37. The summed E-state index contributed by atoms with van der Waals surface area (Å²) in [6.45, 7) is 0.851. The van der Waals surface area contributed by atoms with Crippen LogP contribution in [0.4, 0.5) is 0 Å². The normalized spacial score (nSPS) is 12.1. The van der Waals surface area contributed by atoms with Crippen LogP contribution in [0.25, 0.3) is 11.1 Å². The van der Waals surface area contributed by atoms with Gasteiger partial charge in [0.2, 0.25) is 5.71 Å². The highest BCUT2D eigenvalue weighted by Crippen LogP contribution is 2.20. The smallest absolute Gasteiger partial charge is 0.330 e. The maximum absolute atomic E-state index is 12.2. The first-order valence-electron chi connectivity index (χ1n) is 5.96. The summed E-state index contributed by atoms with van der Waals surface area (Å²) in [6, 6.07) is -1.23. The third-order valence-electron chi connectivity index (χ3n) is 2.87. The van der Waals surface area contributed by atoms with Crippen molar-refractivity contribution < 1.29 is 23.8 Å². The predicted molar refractivity (Wildman–Crippen MR) is 69.7 cm³/mol. The number of ether oxygens (including phenoxy) is 1. The molecule has 0 fully saturated rings. The van der Waals surface area contributed by atoms with Gasteiger partial charge in [-0.05, 0) is 6.92 Å². The number of aliphatic hydroxyl groups excluding tert-OH is 1. The van der Waals surface area contributed by atoms with Gasteiger partial charge in [-0.1, -0.05) is 0 Å². The number of aliphatic hydroxyl groups is 1. The lowest BCUT2D eigenvalue weighted by Crippen LogP contribution is -2.44. The summed E-state index contributed by atoms with van der Waals surface area (Å²) in [7, 11) is 1.13. The van der Waals surface area contributed by atoms with Gasteiger partial charge in [-0.25, -0.2) is 9.78 Å². The molecular formula is C12H13N3O6. The van der Waals surface area contributed by atoms with Crippen molar-refractivity contribution >= 4 is 23.0 Å². The third-order valence-corrected chi connectivity index (χ3v) is 2.87. The van der Waals surface area contributed by atoms with E-state index in [0.717, 1.165) is 13.4 Å². The second-order valence-corrected chi connectivity index (χ2v) is 4.18. The molecular weight excluding hydrogens is 282 g/mol. The number of nitrogens with zero attached hydrogens (tertiary/aromatic N) is 1. The van der Waals surface area contributed by atoms with Gasteiger partial charge in [-0.3, -0.25) is 9.59 Å². The van der Waals surface area contributed by atoms with Gasteiger partial charge in [0.15, 0.2) is 6.04 Å². The predicted octanol–water partition coefficient (Wildman–Crippen LogP) is -0.912. The Hall–Kier alpha value is -2.68. The average molecular weight is 295 g/mol. The van der Waals surface area contributed by atoms with Gasteiger partial charge in [0.25, 0.3) is 11.5 Å². The summed E-state index contributed by atoms with van der Waals surface area (Å²) >= 11 is 0. The van der Waals surface area contributed by atoms with Crippen LogP contribution in [0.5, 0.6) is 0 Å². The number of aromatic nitrogens is 2. The minimum Gasteiger partial charge on any atom is -0.467 e. The number of aromatic amines is 1. The molecule has 0 saturated heterocycles. The van der Waals surface area contributed by atoms with Crippen molar-refractivity contribution in [3.63, 3.8) is 0 Å².